The van der Waals surface area contributed by atoms with Crippen LogP contribution in [0.25, 0.3) is 0 Å². The summed E-state index contributed by atoms with van der Waals surface area (Å²) in [7, 11) is 0.0417. The molecule has 32 valence electrons. The second-order valence-electron chi connectivity index (χ2n) is 0.658. The van der Waals surface area contributed by atoms with Gasteiger partial charge in [-0.25, -0.2) is 0 Å². The Bertz CT molecular complexity index is 23.6. The van der Waals surface area contributed by atoms with Crippen LogP contribution in [0.3, 0.4) is 0 Å². The highest BCUT2D eigenvalue weighted by atomic mass is 32.8. The zero-order valence-electron chi connectivity index (χ0n) is 3.32. The van der Waals surface area contributed by atoms with Crippen molar-refractivity contribution >= 4 is 18.6 Å². The lowest BCUT2D eigenvalue weighted by molar-refractivity contribution is 0.614. The van der Waals surface area contributed by atoms with Crippen LogP contribution in [0.15, 0.2) is 0 Å². The Morgan fingerprint density at radius 2 is 2.00 bits per heavy atom. The van der Waals surface area contributed by atoms with E-state index in [4.69, 9.17) is 0 Å². The maximum Gasteiger partial charge on any atom is 0.102 e. The summed E-state index contributed by atoms with van der Waals surface area (Å²) >= 11 is 0. The molecular weight excluding hydrogens is 103 g/mol. The maximum absolute atomic E-state index is 9.94. The number of hydrogen-bond donors (Lipinski definition) is 0. The van der Waals surface area contributed by atoms with Gasteiger partial charge in [-0.1, -0.05) is 0 Å². The first-order valence-corrected chi connectivity index (χ1v) is 5.06. The Morgan fingerprint density at radius 1 is 1.80 bits per heavy atom. The summed E-state index contributed by atoms with van der Waals surface area (Å²) < 4.78 is 9.94. The molecule has 0 N–H and O–H groups in total. The lowest BCUT2D eigenvalue weighted by Crippen LogP contribution is -1.80. The van der Waals surface area contributed by atoms with E-state index in [0.717, 1.165) is 0 Å². The van der Waals surface area contributed by atoms with Gasteiger partial charge in [0, 0.05) is 0 Å². The smallest absolute Gasteiger partial charge is 0.102 e. The van der Waals surface area contributed by atoms with E-state index in [1.54, 1.807) is 6.26 Å². The maximum atomic E-state index is 9.94. The van der Waals surface area contributed by atoms with Gasteiger partial charge < -0.3 is 4.55 Å². The molecular formula is C2H7OPS. The molecule has 0 radical (unpaired) electrons. The Kier molecular flexibility index (Phi) is 3.39. The van der Waals surface area contributed by atoms with Crippen LogP contribution in [0.5, 0.6) is 0 Å². The third-order valence-electron chi connectivity index (χ3n) is 0.287. The van der Waals surface area contributed by atoms with Crippen molar-refractivity contribution in [3.63, 3.8) is 0 Å². The van der Waals surface area contributed by atoms with E-state index in [2.05, 4.69) is 0 Å². The fraction of sp³-hybridized carbons (Fsp3) is 1.00. The van der Waals surface area contributed by atoms with Crippen molar-refractivity contribution in [2.75, 3.05) is 12.9 Å². The molecule has 0 aliphatic heterocycles. The average Bonchev–Trinajstić information content (AvgIpc) is 1.38. The molecule has 0 aromatic rings. The van der Waals surface area contributed by atoms with Crippen LogP contribution >= 0.6 is 7.78 Å². The normalized spacial score (nSPS) is 17.4. The molecule has 0 heterocycles. The van der Waals surface area contributed by atoms with E-state index in [1.165, 1.54) is 0 Å². The molecule has 1 nitrogen and oxygen atoms in total. The van der Waals surface area contributed by atoms with E-state index in [9.17, 15) is 4.55 Å². The molecule has 0 saturated carbocycles. The van der Waals surface area contributed by atoms with Crippen LogP contribution in [0, 0.1) is 0 Å². The standard InChI is InChI=1S/C2H7OPS/c1-4-5(2)3/h4H,1-2H3. The van der Waals surface area contributed by atoms with E-state index >= 15 is 0 Å². The third-order valence-corrected chi connectivity index (χ3v) is 2.59. The minimum atomic E-state index is -0.545. The molecule has 0 spiro atoms. The van der Waals surface area contributed by atoms with Crippen molar-refractivity contribution in [3.8, 4) is 0 Å². The molecule has 0 aliphatic carbocycles. The first-order chi connectivity index (χ1) is 2.27. The van der Waals surface area contributed by atoms with Gasteiger partial charge in [0.25, 0.3) is 0 Å². The molecule has 0 aromatic carbocycles. The quantitative estimate of drug-likeness (QED) is 0.358. The number of rotatable bonds is 1. The minimum absolute atomic E-state index is 0.545. The van der Waals surface area contributed by atoms with Gasteiger partial charge in [-0.3, -0.25) is 0 Å². The lowest BCUT2D eigenvalue weighted by atomic mass is 12.0. The van der Waals surface area contributed by atoms with Crippen molar-refractivity contribution in [2.24, 2.45) is 0 Å². The molecule has 2 atom stereocenters. The summed E-state index contributed by atoms with van der Waals surface area (Å²) in [6.07, 6.45) is 1.71. The van der Waals surface area contributed by atoms with Gasteiger partial charge in [0.05, 0.1) is 6.26 Å². The van der Waals surface area contributed by atoms with E-state index < -0.39 is 10.8 Å². The van der Waals surface area contributed by atoms with Crippen molar-refractivity contribution in [1.82, 2.24) is 0 Å². The lowest BCUT2D eigenvalue weighted by Gasteiger charge is -1.94. The van der Waals surface area contributed by atoms with Crippen LogP contribution in [0.4, 0.5) is 0 Å². The van der Waals surface area contributed by atoms with Crippen LogP contribution in [0.2, 0.25) is 0 Å². The molecule has 0 amide bonds. The van der Waals surface area contributed by atoms with Gasteiger partial charge in [0.1, 0.15) is 7.78 Å². The van der Waals surface area contributed by atoms with Gasteiger partial charge in [-0.05, 0) is 17.5 Å². The highest BCUT2D eigenvalue weighted by Gasteiger charge is 1.82. The fourth-order valence-corrected chi connectivity index (χ4v) is 0. The highest BCUT2D eigenvalue weighted by molar-refractivity contribution is 8.43. The van der Waals surface area contributed by atoms with Crippen LogP contribution in [-0.2, 0) is 10.8 Å². The van der Waals surface area contributed by atoms with Crippen molar-refractivity contribution < 1.29 is 4.55 Å². The van der Waals surface area contributed by atoms with Crippen molar-refractivity contribution in [2.45, 2.75) is 0 Å². The van der Waals surface area contributed by atoms with Crippen molar-refractivity contribution in [1.29, 1.82) is 0 Å². The van der Waals surface area contributed by atoms with E-state index in [0.29, 0.717) is 7.78 Å². The zero-order chi connectivity index (χ0) is 4.28. The molecule has 0 rings (SSSR count). The molecule has 3 heteroatoms. The summed E-state index contributed by atoms with van der Waals surface area (Å²) in [5, 5.41) is 0. The number of hydrogen-bond acceptors (Lipinski definition) is 1. The van der Waals surface area contributed by atoms with Gasteiger partial charge in [-0.15, -0.1) is 0 Å². The van der Waals surface area contributed by atoms with Gasteiger partial charge in [-0.2, -0.15) is 0 Å². The summed E-state index contributed by atoms with van der Waals surface area (Å²) in [6, 6.07) is 0. The first kappa shape index (κ1) is 5.74. The second kappa shape index (κ2) is 2.95. The average molecular weight is 110 g/mol. The third kappa shape index (κ3) is 4.74. The van der Waals surface area contributed by atoms with Crippen LogP contribution < -0.4 is 0 Å². The molecule has 0 fully saturated rings. The van der Waals surface area contributed by atoms with Gasteiger partial charge in [0.2, 0.25) is 0 Å². The topological polar surface area (TPSA) is 23.1 Å². The zero-order valence-corrected chi connectivity index (χ0v) is 5.13. The SMILES string of the molecule is CP[S+](C)[O-]. The fourth-order valence-electron chi connectivity index (χ4n) is 0. The van der Waals surface area contributed by atoms with Crippen LogP contribution in [-0.4, -0.2) is 17.5 Å². The molecule has 0 saturated heterocycles. The Hall–Kier alpha value is 0.740. The van der Waals surface area contributed by atoms with Crippen molar-refractivity contribution in [3.05, 3.63) is 0 Å². The van der Waals surface area contributed by atoms with E-state index in [1.807, 2.05) is 6.66 Å². The first-order valence-electron chi connectivity index (χ1n) is 1.28. The largest absolute Gasteiger partial charge is 0.615 e. The minimum Gasteiger partial charge on any atom is -0.615 e. The predicted molar refractivity (Wildman–Crippen MR) is 28.3 cm³/mol. The second-order valence-corrected chi connectivity index (χ2v) is 4.92. The van der Waals surface area contributed by atoms with Gasteiger partial charge >= 0.3 is 0 Å². The molecule has 0 aromatic heterocycles. The predicted octanol–water partition coefficient (Wildman–Crippen LogP) is 0.588. The summed E-state index contributed by atoms with van der Waals surface area (Å²) in [5.74, 6) is 0. The molecule has 0 aliphatic rings. The molecule has 2 unspecified atom stereocenters. The summed E-state index contributed by atoms with van der Waals surface area (Å²) in [5.41, 5.74) is 0. The molecule has 0 bridgehead atoms. The van der Waals surface area contributed by atoms with E-state index in [-0.39, 0.29) is 0 Å². The van der Waals surface area contributed by atoms with Gasteiger partial charge in [0.15, 0.2) is 0 Å². The molecule has 5 heavy (non-hydrogen) atoms. The summed E-state index contributed by atoms with van der Waals surface area (Å²) in [6.45, 7) is 1.93. The summed E-state index contributed by atoms with van der Waals surface area (Å²) in [4.78, 5) is 0. The van der Waals surface area contributed by atoms with Crippen LogP contribution in [0.1, 0.15) is 0 Å². The monoisotopic (exact) mass is 110 g/mol. The highest BCUT2D eigenvalue weighted by Crippen LogP contribution is 2.10. The Balaban J connectivity index is 2.54. The Labute approximate surface area is 36.9 Å². The Morgan fingerprint density at radius 3 is 2.00 bits per heavy atom.